The van der Waals surface area contributed by atoms with Crippen molar-refractivity contribution in [3.63, 3.8) is 0 Å². The molecule has 2 heterocycles. The lowest BCUT2D eigenvalue weighted by molar-refractivity contribution is 0.330. The summed E-state index contributed by atoms with van der Waals surface area (Å²) in [4.78, 5) is 14.3. The summed E-state index contributed by atoms with van der Waals surface area (Å²) in [5, 5.41) is 9.05. The van der Waals surface area contributed by atoms with Crippen LogP contribution in [0.1, 0.15) is 6.42 Å². The Hall–Kier alpha value is -2.52. The Balaban J connectivity index is 2.17. The summed E-state index contributed by atoms with van der Waals surface area (Å²) in [5.74, 6) is -1.64. The maximum absolute atomic E-state index is 14.3. The summed E-state index contributed by atoms with van der Waals surface area (Å²) < 4.78 is 33.7. The Kier molecular flexibility index (Phi) is 5.71. The molecule has 0 aliphatic carbocycles. The zero-order valence-corrected chi connectivity index (χ0v) is 15.3. The van der Waals surface area contributed by atoms with Crippen LogP contribution in [0, 0.1) is 11.6 Å². The number of benzene rings is 1. The van der Waals surface area contributed by atoms with Gasteiger partial charge in [0.1, 0.15) is 11.3 Å². The fourth-order valence-electron chi connectivity index (χ4n) is 2.94. The van der Waals surface area contributed by atoms with Crippen molar-refractivity contribution in [3.05, 3.63) is 34.8 Å². The van der Waals surface area contributed by atoms with E-state index in [1.165, 1.54) is 7.11 Å². The van der Waals surface area contributed by atoms with Gasteiger partial charge < -0.3 is 20.5 Å². The molecule has 1 aliphatic rings. The normalized spacial score (nSPS) is 15.7. The van der Waals surface area contributed by atoms with Gasteiger partial charge in [-0.2, -0.15) is 4.98 Å². The molecule has 0 radical (unpaired) electrons. The van der Waals surface area contributed by atoms with Crippen molar-refractivity contribution >= 4 is 34.0 Å². The van der Waals surface area contributed by atoms with Crippen molar-refractivity contribution in [1.29, 1.82) is 0 Å². The molecule has 1 aliphatic heterocycles. The number of ether oxygens (including phenoxy) is 1. The van der Waals surface area contributed by atoms with Crippen LogP contribution in [-0.2, 0) is 0 Å². The molecule has 10 heteroatoms. The van der Waals surface area contributed by atoms with E-state index in [4.69, 9.17) is 27.2 Å². The van der Waals surface area contributed by atoms with Crippen molar-refractivity contribution in [3.8, 4) is 5.75 Å². The second-order valence-electron chi connectivity index (χ2n) is 5.94. The van der Waals surface area contributed by atoms with Crippen LogP contribution in [-0.4, -0.2) is 54.1 Å². The molecule has 0 saturated heterocycles. The number of anilines is 1. The number of nitrogens with zero attached hydrogens (tertiary/aromatic N) is 4. The van der Waals surface area contributed by atoms with Gasteiger partial charge in [0, 0.05) is 24.9 Å². The van der Waals surface area contributed by atoms with Gasteiger partial charge in [-0.3, -0.25) is 4.99 Å². The van der Waals surface area contributed by atoms with Gasteiger partial charge in [-0.15, -0.1) is 0 Å². The zero-order chi connectivity index (χ0) is 19.6. The minimum absolute atomic E-state index is 0.0970. The van der Waals surface area contributed by atoms with Crippen LogP contribution in [0.15, 0.2) is 22.8 Å². The number of halogens is 3. The maximum atomic E-state index is 14.3. The standard InChI is InChI=1S/C17H18ClF2N5O2/c1-27-15-12(20)6-11(19)14-13(15)16(24-17(18)23-14)25-4-2-3-22-10(7-25)5-9(21)8-26/h5-6,26H,2-4,7-8,21H2,1H3/b9-5-. The molecule has 7 nitrogen and oxygen atoms in total. The lowest BCUT2D eigenvalue weighted by atomic mass is 10.1. The molecule has 0 fully saturated rings. The summed E-state index contributed by atoms with van der Waals surface area (Å²) in [5.41, 5.74) is 6.43. The van der Waals surface area contributed by atoms with Gasteiger partial charge in [-0.1, -0.05) is 0 Å². The highest BCUT2D eigenvalue weighted by molar-refractivity contribution is 6.29. The van der Waals surface area contributed by atoms with Gasteiger partial charge in [0.2, 0.25) is 5.28 Å². The van der Waals surface area contributed by atoms with Crippen molar-refractivity contribution in [2.75, 3.05) is 38.3 Å². The predicted octanol–water partition coefficient (Wildman–Crippen LogP) is 2.06. The number of hydrogen-bond donors (Lipinski definition) is 2. The largest absolute Gasteiger partial charge is 0.493 e. The molecule has 3 rings (SSSR count). The Morgan fingerprint density at radius 2 is 2.19 bits per heavy atom. The third kappa shape index (κ3) is 3.93. The van der Waals surface area contributed by atoms with Crippen LogP contribution in [0.3, 0.4) is 0 Å². The van der Waals surface area contributed by atoms with Gasteiger partial charge in [-0.05, 0) is 24.1 Å². The smallest absolute Gasteiger partial charge is 0.225 e. The molecule has 0 unspecified atom stereocenters. The summed E-state index contributed by atoms with van der Waals surface area (Å²) >= 11 is 5.99. The van der Waals surface area contributed by atoms with E-state index < -0.39 is 11.6 Å². The average molecular weight is 398 g/mol. The number of rotatable bonds is 4. The number of aliphatic imine (C=N–C) groups is 1. The topological polar surface area (TPSA) is 96.9 Å². The van der Waals surface area contributed by atoms with E-state index in [-0.39, 0.29) is 46.6 Å². The fraction of sp³-hybridized carbons (Fsp3) is 0.353. The van der Waals surface area contributed by atoms with Crippen molar-refractivity contribution < 1.29 is 18.6 Å². The van der Waals surface area contributed by atoms with Crippen LogP contribution in [0.2, 0.25) is 5.28 Å². The van der Waals surface area contributed by atoms with Crippen LogP contribution in [0.5, 0.6) is 5.75 Å². The Morgan fingerprint density at radius 1 is 1.41 bits per heavy atom. The number of methoxy groups -OCH3 is 1. The second kappa shape index (κ2) is 8.01. The van der Waals surface area contributed by atoms with Crippen molar-refractivity contribution in [2.24, 2.45) is 10.7 Å². The molecular formula is C17H18ClF2N5O2. The highest BCUT2D eigenvalue weighted by Gasteiger charge is 2.24. The molecular weight excluding hydrogens is 380 g/mol. The van der Waals surface area contributed by atoms with E-state index in [0.29, 0.717) is 31.3 Å². The molecule has 0 spiro atoms. The third-order valence-electron chi connectivity index (χ3n) is 4.08. The van der Waals surface area contributed by atoms with Crippen LogP contribution in [0.25, 0.3) is 10.9 Å². The first-order valence-electron chi connectivity index (χ1n) is 8.19. The summed E-state index contributed by atoms with van der Waals surface area (Å²) in [6, 6.07) is 0.703. The van der Waals surface area contributed by atoms with E-state index in [2.05, 4.69) is 15.0 Å². The number of aromatic nitrogens is 2. The average Bonchev–Trinajstić information content (AvgIpc) is 2.87. The zero-order valence-electron chi connectivity index (χ0n) is 14.5. The van der Waals surface area contributed by atoms with Crippen molar-refractivity contribution in [1.82, 2.24) is 9.97 Å². The highest BCUT2D eigenvalue weighted by atomic mass is 35.5. The molecule has 0 atom stereocenters. The molecule has 0 saturated carbocycles. The van der Waals surface area contributed by atoms with Crippen LogP contribution in [0.4, 0.5) is 14.6 Å². The minimum atomic E-state index is -0.859. The first kappa shape index (κ1) is 19.2. The summed E-state index contributed by atoms with van der Waals surface area (Å²) in [6.45, 7) is 1.03. The number of aliphatic hydroxyl groups excluding tert-OH is 1. The predicted molar refractivity (Wildman–Crippen MR) is 99.5 cm³/mol. The molecule has 2 aromatic rings. The minimum Gasteiger partial charge on any atom is -0.493 e. The number of nitrogens with two attached hydrogens (primary N) is 1. The summed E-state index contributed by atoms with van der Waals surface area (Å²) in [6.07, 6.45) is 2.25. The van der Waals surface area contributed by atoms with Crippen LogP contribution < -0.4 is 15.4 Å². The molecule has 27 heavy (non-hydrogen) atoms. The van der Waals surface area contributed by atoms with E-state index in [0.717, 1.165) is 0 Å². The monoisotopic (exact) mass is 397 g/mol. The Bertz CT molecular complexity index is 935. The Labute approximate surface area is 159 Å². The van der Waals surface area contributed by atoms with Gasteiger partial charge in [0.25, 0.3) is 0 Å². The van der Waals surface area contributed by atoms with Crippen molar-refractivity contribution in [2.45, 2.75) is 6.42 Å². The molecule has 144 valence electrons. The molecule has 0 amide bonds. The van der Waals surface area contributed by atoms with Gasteiger partial charge in [-0.25, -0.2) is 13.8 Å². The fourth-order valence-corrected chi connectivity index (χ4v) is 3.10. The summed E-state index contributed by atoms with van der Waals surface area (Å²) in [7, 11) is 1.29. The van der Waals surface area contributed by atoms with Gasteiger partial charge >= 0.3 is 0 Å². The number of fused-ring (bicyclic) bond motifs is 1. The lowest BCUT2D eigenvalue weighted by Crippen LogP contribution is -2.30. The third-order valence-corrected chi connectivity index (χ3v) is 4.25. The number of hydrogen-bond acceptors (Lipinski definition) is 7. The highest BCUT2D eigenvalue weighted by Crippen LogP contribution is 2.37. The molecule has 1 aromatic heterocycles. The number of aliphatic hydroxyl groups is 1. The van der Waals surface area contributed by atoms with E-state index in [1.807, 2.05) is 0 Å². The first-order chi connectivity index (χ1) is 12.9. The second-order valence-corrected chi connectivity index (χ2v) is 6.28. The SMILES string of the molecule is COc1c(F)cc(F)c2nc(Cl)nc(N3CCCN=C(/C=C(\N)CO)C3)c12. The first-order valence-corrected chi connectivity index (χ1v) is 8.56. The van der Waals surface area contributed by atoms with E-state index in [1.54, 1.807) is 11.0 Å². The lowest BCUT2D eigenvalue weighted by Gasteiger charge is -2.24. The van der Waals surface area contributed by atoms with E-state index >= 15 is 0 Å². The van der Waals surface area contributed by atoms with Crippen LogP contribution >= 0.6 is 11.6 Å². The molecule has 3 N–H and O–H groups in total. The van der Waals surface area contributed by atoms with Gasteiger partial charge in [0.05, 0.1) is 31.4 Å². The Morgan fingerprint density at radius 3 is 2.89 bits per heavy atom. The molecule has 0 bridgehead atoms. The van der Waals surface area contributed by atoms with Gasteiger partial charge in [0.15, 0.2) is 17.4 Å². The van der Waals surface area contributed by atoms with E-state index in [9.17, 15) is 8.78 Å². The molecule has 1 aromatic carbocycles. The maximum Gasteiger partial charge on any atom is 0.225 e. The quantitative estimate of drug-likeness (QED) is 0.766.